The second kappa shape index (κ2) is 11.1. The summed E-state index contributed by atoms with van der Waals surface area (Å²) in [6, 6.07) is 11.1. The lowest BCUT2D eigenvalue weighted by atomic mass is 10.1. The van der Waals surface area contributed by atoms with E-state index in [0.717, 1.165) is 43.2 Å². The zero-order valence-electron chi connectivity index (χ0n) is 14.7. The summed E-state index contributed by atoms with van der Waals surface area (Å²) in [5, 5.41) is 16.0. The van der Waals surface area contributed by atoms with E-state index in [-0.39, 0.29) is 0 Å². The normalized spacial score (nSPS) is 11.5. The van der Waals surface area contributed by atoms with Crippen molar-refractivity contribution in [3.8, 4) is 5.75 Å². The Morgan fingerprint density at radius 3 is 2.92 bits per heavy atom. The Balaban J connectivity index is 1.63. The maximum Gasteiger partial charge on any atom is 0.191 e. The van der Waals surface area contributed by atoms with Crippen LogP contribution < -0.4 is 10.6 Å². The minimum absolute atomic E-state index is 0.299. The molecule has 0 aliphatic heterocycles. The highest BCUT2D eigenvalue weighted by atomic mass is 16.5. The molecule has 2 aromatic rings. The van der Waals surface area contributed by atoms with Gasteiger partial charge in [-0.25, -0.2) is 0 Å². The van der Waals surface area contributed by atoms with E-state index in [0.29, 0.717) is 25.5 Å². The van der Waals surface area contributed by atoms with Gasteiger partial charge in [-0.1, -0.05) is 12.1 Å². The first-order valence-corrected chi connectivity index (χ1v) is 8.68. The number of hydrogen-bond acceptors (Lipinski definition) is 4. The predicted octanol–water partition coefficient (Wildman–Crippen LogP) is 2.69. The largest absolute Gasteiger partial charge is 0.508 e. The van der Waals surface area contributed by atoms with Gasteiger partial charge >= 0.3 is 0 Å². The van der Waals surface area contributed by atoms with E-state index < -0.39 is 0 Å². The van der Waals surface area contributed by atoms with Crippen LogP contribution in [0, 0.1) is 0 Å². The minimum atomic E-state index is 0.299. The lowest BCUT2D eigenvalue weighted by molar-refractivity contribution is 0.105. The van der Waals surface area contributed by atoms with Crippen LogP contribution in [0.15, 0.2) is 52.1 Å². The van der Waals surface area contributed by atoms with Crippen molar-refractivity contribution in [3.05, 3.63) is 54.0 Å². The summed E-state index contributed by atoms with van der Waals surface area (Å²) >= 11 is 0. The standard InChI is InChI=1S/C19H27N3O3/c1-2-20-19(22-11-9-16-6-3-7-17(23)14-16)21-10-5-12-24-15-18-8-4-13-25-18/h3-4,6-8,13-14,23H,2,5,9-12,15H2,1H3,(H2,20,21,22). The molecule has 0 aliphatic carbocycles. The molecule has 0 amide bonds. The Hall–Kier alpha value is -2.47. The molecule has 0 atom stereocenters. The van der Waals surface area contributed by atoms with Gasteiger partial charge in [0.15, 0.2) is 5.96 Å². The van der Waals surface area contributed by atoms with Gasteiger partial charge in [-0.3, -0.25) is 4.99 Å². The van der Waals surface area contributed by atoms with Crippen LogP contribution in [0.2, 0.25) is 0 Å². The van der Waals surface area contributed by atoms with Crippen LogP contribution in [0.25, 0.3) is 0 Å². The first kappa shape index (κ1) is 18.9. The van der Waals surface area contributed by atoms with Crippen LogP contribution in [0.1, 0.15) is 24.7 Å². The third-order valence-electron chi connectivity index (χ3n) is 3.50. The first-order valence-electron chi connectivity index (χ1n) is 8.68. The Bertz CT molecular complexity index is 627. The van der Waals surface area contributed by atoms with Crippen LogP contribution >= 0.6 is 0 Å². The molecule has 0 saturated heterocycles. The summed E-state index contributed by atoms with van der Waals surface area (Å²) in [6.45, 7) is 5.45. The van der Waals surface area contributed by atoms with E-state index in [2.05, 4.69) is 15.6 Å². The predicted molar refractivity (Wildman–Crippen MR) is 98.8 cm³/mol. The molecule has 25 heavy (non-hydrogen) atoms. The number of phenolic OH excluding ortho intramolecular Hbond substituents is 1. The number of furan rings is 1. The van der Waals surface area contributed by atoms with Gasteiger partial charge in [-0.15, -0.1) is 0 Å². The van der Waals surface area contributed by atoms with Crippen molar-refractivity contribution < 1.29 is 14.3 Å². The van der Waals surface area contributed by atoms with E-state index in [9.17, 15) is 5.11 Å². The van der Waals surface area contributed by atoms with Gasteiger partial charge in [0.05, 0.1) is 6.26 Å². The van der Waals surface area contributed by atoms with Crippen LogP contribution in [-0.4, -0.2) is 37.3 Å². The van der Waals surface area contributed by atoms with Gasteiger partial charge in [0, 0.05) is 26.2 Å². The summed E-state index contributed by atoms with van der Waals surface area (Å²) in [5.74, 6) is 1.94. The summed E-state index contributed by atoms with van der Waals surface area (Å²) in [7, 11) is 0. The Morgan fingerprint density at radius 2 is 2.16 bits per heavy atom. The molecule has 2 rings (SSSR count). The van der Waals surface area contributed by atoms with E-state index in [1.165, 1.54) is 0 Å². The summed E-state index contributed by atoms with van der Waals surface area (Å²) in [5.41, 5.74) is 1.09. The lowest BCUT2D eigenvalue weighted by Crippen LogP contribution is -2.38. The van der Waals surface area contributed by atoms with Crippen molar-refractivity contribution in [3.63, 3.8) is 0 Å². The Labute approximate surface area is 148 Å². The Morgan fingerprint density at radius 1 is 1.24 bits per heavy atom. The number of guanidine groups is 1. The highest BCUT2D eigenvalue weighted by molar-refractivity contribution is 5.79. The number of nitrogens with zero attached hydrogens (tertiary/aromatic N) is 1. The first-order chi connectivity index (χ1) is 12.3. The van der Waals surface area contributed by atoms with Crippen molar-refractivity contribution in [2.24, 2.45) is 4.99 Å². The molecule has 0 radical (unpaired) electrons. The molecule has 1 aromatic carbocycles. The molecule has 3 N–H and O–H groups in total. The molecule has 0 saturated carbocycles. The molecule has 0 bridgehead atoms. The van der Waals surface area contributed by atoms with E-state index in [1.54, 1.807) is 18.4 Å². The molecular formula is C19H27N3O3. The van der Waals surface area contributed by atoms with Gasteiger partial charge in [-0.2, -0.15) is 0 Å². The van der Waals surface area contributed by atoms with Crippen molar-refractivity contribution >= 4 is 5.96 Å². The third-order valence-corrected chi connectivity index (χ3v) is 3.50. The van der Waals surface area contributed by atoms with Crippen LogP contribution in [-0.2, 0) is 17.8 Å². The quantitative estimate of drug-likeness (QED) is 0.350. The molecule has 1 heterocycles. The number of hydrogen-bond donors (Lipinski definition) is 3. The van der Waals surface area contributed by atoms with Crippen molar-refractivity contribution in [1.82, 2.24) is 10.6 Å². The molecule has 6 heteroatoms. The summed E-state index contributed by atoms with van der Waals surface area (Å²) in [6.07, 6.45) is 3.32. The summed E-state index contributed by atoms with van der Waals surface area (Å²) < 4.78 is 10.8. The van der Waals surface area contributed by atoms with Crippen LogP contribution in [0.4, 0.5) is 0 Å². The second-order valence-electron chi connectivity index (χ2n) is 5.59. The molecule has 6 nitrogen and oxygen atoms in total. The van der Waals surface area contributed by atoms with E-state index in [1.807, 2.05) is 31.2 Å². The fourth-order valence-corrected chi connectivity index (χ4v) is 2.30. The number of nitrogens with one attached hydrogen (secondary N) is 2. The highest BCUT2D eigenvalue weighted by Gasteiger charge is 1.99. The number of rotatable bonds is 10. The molecule has 1 aromatic heterocycles. The SMILES string of the molecule is CCNC(=NCCCOCc1ccco1)NCCc1cccc(O)c1. The van der Waals surface area contributed by atoms with E-state index >= 15 is 0 Å². The van der Waals surface area contributed by atoms with Crippen molar-refractivity contribution in [2.75, 3.05) is 26.2 Å². The number of aromatic hydroxyl groups is 1. The molecule has 0 fully saturated rings. The lowest BCUT2D eigenvalue weighted by Gasteiger charge is -2.11. The number of phenols is 1. The monoisotopic (exact) mass is 345 g/mol. The van der Waals surface area contributed by atoms with Gasteiger partial charge in [0.25, 0.3) is 0 Å². The molecule has 0 unspecified atom stereocenters. The minimum Gasteiger partial charge on any atom is -0.508 e. The average Bonchev–Trinajstić information content (AvgIpc) is 3.11. The van der Waals surface area contributed by atoms with E-state index in [4.69, 9.17) is 9.15 Å². The maximum absolute atomic E-state index is 9.48. The van der Waals surface area contributed by atoms with Gasteiger partial charge in [0.1, 0.15) is 18.1 Å². The average molecular weight is 345 g/mol. The van der Waals surface area contributed by atoms with Crippen molar-refractivity contribution in [2.45, 2.75) is 26.4 Å². The molecule has 136 valence electrons. The fraction of sp³-hybridized carbons (Fsp3) is 0.421. The number of ether oxygens (including phenoxy) is 1. The highest BCUT2D eigenvalue weighted by Crippen LogP contribution is 2.10. The maximum atomic E-state index is 9.48. The number of aliphatic imine (C=N–C) groups is 1. The molecule has 0 aliphatic rings. The van der Waals surface area contributed by atoms with Gasteiger partial charge in [0.2, 0.25) is 0 Å². The zero-order valence-corrected chi connectivity index (χ0v) is 14.7. The van der Waals surface area contributed by atoms with Gasteiger partial charge < -0.3 is 24.9 Å². The molecule has 0 spiro atoms. The Kier molecular flexibility index (Phi) is 8.41. The topological polar surface area (TPSA) is 79.0 Å². The van der Waals surface area contributed by atoms with Gasteiger partial charge in [-0.05, 0) is 49.6 Å². The zero-order chi connectivity index (χ0) is 17.7. The molecular weight excluding hydrogens is 318 g/mol. The van der Waals surface area contributed by atoms with Crippen LogP contribution in [0.3, 0.4) is 0 Å². The fourth-order valence-electron chi connectivity index (χ4n) is 2.30. The third kappa shape index (κ3) is 7.76. The number of benzene rings is 1. The van der Waals surface area contributed by atoms with Crippen LogP contribution in [0.5, 0.6) is 5.75 Å². The smallest absolute Gasteiger partial charge is 0.191 e. The second-order valence-corrected chi connectivity index (χ2v) is 5.59. The van der Waals surface area contributed by atoms with Crippen molar-refractivity contribution in [1.29, 1.82) is 0 Å². The summed E-state index contributed by atoms with van der Waals surface area (Å²) in [4.78, 5) is 4.54.